The first-order valence-electron chi connectivity index (χ1n) is 7.81. The Labute approximate surface area is 122 Å². The molecular weight excluding hydrogens is 251 g/mol. The van der Waals surface area contributed by atoms with Crippen molar-refractivity contribution >= 4 is 5.69 Å². The van der Waals surface area contributed by atoms with Crippen LogP contribution in [0.15, 0.2) is 18.2 Å². The van der Waals surface area contributed by atoms with Gasteiger partial charge >= 0.3 is 0 Å². The Kier molecular flexibility index (Phi) is 4.69. The summed E-state index contributed by atoms with van der Waals surface area (Å²) in [5.74, 6) is -0.139. The minimum absolute atomic E-state index is 0.118. The van der Waals surface area contributed by atoms with Gasteiger partial charge in [0, 0.05) is 19.1 Å². The third-order valence-corrected chi connectivity index (χ3v) is 5.16. The Morgan fingerprint density at radius 2 is 1.85 bits per heavy atom. The standard InChI is InChI=1S/C17H27FN2/c1-4-17(5-2)8-10-20(11-9-17)16-7-6-14(13(3)19)12-15(16)18/h6-7,12-13H,4-5,8-11,19H2,1-3H3/t13-/m0/s1. The van der Waals surface area contributed by atoms with E-state index in [-0.39, 0.29) is 11.9 Å². The number of piperidine rings is 1. The molecule has 0 saturated carbocycles. The molecule has 1 aromatic rings. The van der Waals surface area contributed by atoms with Crippen LogP contribution in [0.1, 0.15) is 58.1 Å². The molecule has 112 valence electrons. The van der Waals surface area contributed by atoms with Gasteiger partial charge in [-0.2, -0.15) is 0 Å². The molecule has 0 amide bonds. The summed E-state index contributed by atoms with van der Waals surface area (Å²) in [6.45, 7) is 8.34. The maximum Gasteiger partial charge on any atom is 0.146 e. The van der Waals surface area contributed by atoms with Gasteiger partial charge in [-0.15, -0.1) is 0 Å². The highest BCUT2D eigenvalue weighted by Crippen LogP contribution is 2.39. The zero-order valence-corrected chi connectivity index (χ0v) is 13.0. The normalized spacial score (nSPS) is 19.9. The molecule has 2 rings (SSSR count). The highest BCUT2D eigenvalue weighted by Gasteiger charge is 2.31. The quantitative estimate of drug-likeness (QED) is 0.892. The molecule has 1 aliphatic rings. The van der Waals surface area contributed by atoms with Crippen LogP contribution in [0.2, 0.25) is 0 Å². The fourth-order valence-corrected chi connectivity index (χ4v) is 3.24. The third kappa shape index (κ3) is 2.98. The predicted molar refractivity (Wildman–Crippen MR) is 83.5 cm³/mol. The number of hydrogen-bond donors (Lipinski definition) is 1. The lowest BCUT2D eigenvalue weighted by Gasteiger charge is -2.42. The van der Waals surface area contributed by atoms with E-state index in [1.807, 2.05) is 19.1 Å². The van der Waals surface area contributed by atoms with Gasteiger partial charge in [0.1, 0.15) is 5.82 Å². The van der Waals surface area contributed by atoms with E-state index in [4.69, 9.17) is 5.73 Å². The first kappa shape index (κ1) is 15.3. The Balaban J connectivity index is 2.11. The topological polar surface area (TPSA) is 29.3 Å². The van der Waals surface area contributed by atoms with Crippen molar-refractivity contribution in [2.45, 2.75) is 52.5 Å². The van der Waals surface area contributed by atoms with Gasteiger partial charge < -0.3 is 10.6 Å². The van der Waals surface area contributed by atoms with Crippen LogP contribution >= 0.6 is 0 Å². The molecule has 1 aromatic carbocycles. The molecule has 0 spiro atoms. The number of rotatable bonds is 4. The lowest BCUT2D eigenvalue weighted by molar-refractivity contribution is 0.199. The molecule has 1 heterocycles. The third-order valence-electron chi connectivity index (χ3n) is 5.16. The predicted octanol–water partition coefficient (Wildman–Crippen LogP) is 4.25. The summed E-state index contributed by atoms with van der Waals surface area (Å²) >= 11 is 0. The summed E-state index contributed by atoms with van der Waals surface area (Å²) in [6.07, 6.45) is 4.77. The average Bonchev–Trinajstić information content (AvgIpc) is 2.47. The maximum absolute atomic E-state index is 14.3. The van der Waals surface area contributed by atoms with Crippen molar-refractivity contribution in [2.24, 2.45) is 11.1 Å². The van der Waals surface area contributed by atoms with Crippen LogP contribution in [0.4, 0.5) is 10.1 Å². The SMILES string of the molecule is CCC1(CC)CCN(c2ccc([C@H](C)N)cc2F)CC1. The van der Waals surface area contributed by atoms with Gasteiger partial charge in [0.05, 0.1) is 5.69 Å². The smallest absolute Gasteiger partial charge is 0.146 e. The molecule has 0 aliphatic carbocycles. The van der Waals surface area contributed by atoms with Crippen molar-refractivity contribution in [3.63, 3.8) is 0 Å². The second kappa shape index (κ2) is 6.13. The minimum atomic E-state index is -0.139. The van der Waals surface area contributed by atoms with Crippen LogP contribution in [0.5, 0.6) is 0 Å². The fraction of sp³-hybridized carbons (Fsp3) is 0.647. The summed E-state index contributed by atoms with van der Waals surface area (Å²) in [4.78, 5) is 2.18. The maximum atomic E-state index is 14.3. The first-order chi connectivity index (χ1) is 9.51. The molecule has 0 aromatic heterocycles. The Morgan fingerprint density at radius 1 is 1.25 bits per heavy atom. The summed E-state index contributed by atoms with van der Waals surface area (Å²) in [5.41, 5.74) is 7.87. The van der Waals surface area contributed by atoms with E-state index in [0.717, 1.165) is 37.2 Å². The molecule has 0 unspecified atom stereocenters. The Morgan fingerprint density at radius 3 is 2.30 bits per heavy atom. The van der Waals surface area contributed by atoms with Gasteiger partial charge in [0.25, 0.3) is 0 Å². The summed E-state index contributed by atoms with van der Waals surface area (Å²) < 4.78 is 14.3. The molecule has 3 heteroatoms. The lowest BCUT2D eigenvalue weighted by atomic mass is 9.74. The van der Waals surface area contributed by atoms with Gasteiger partial charge in [0.2, 0.25) is 0 Å². The van der Waals surface area contributed by atoms with E-state index in [0.29, 0.717) is 5.41 Å². The molecular formula is C17H27FN2. The second-order valence-electron chi connectivity index (χ2n) is 6.19. The van der Waals surface area contributed by atoms with Crippen molar-refractivity contribution in [1.29, 1.82) is 0 Å². The number of nitrogens with two attached hydrogens (primary N) is 1. The molecule has 1 saturated heterocycles. The monoisotopic (exact) mass is 278 g/mol. The molecule has 0 radical (unpaired) electrons. The van der Waals surface area contributed by atoms with Gasteiger partial charge in [-0.3, -0.25) is 0 Å². The van der Waals surface area contributed by atoms with Gasteiger partial charge in [-0.05, 0) is 42.9 Å². The van der Waals surface area contributed by atoms with Crippen molar-refractivity contribution in [2.75, 3.05) is 18.0 Å². The van der Waals surface area contributed by atoms with E-state index >= 15 is 0 Å². The lowest BCUT2D eigenvalue weighted by Crippen LogP contribution is -2.40. The van der Waals surface area contributed by atoms with Gasteiger partial charge in [0.15, 0.2) is 0 Å². The van der Waals surface area contributed by atoms with E-state index < -0.39 is 0 Å². The number of hydrogen-bond acceptors (Lipinski definition) is 2. The second-order valence-corrected chi connectivity index (χ2v) is 6.19. The zero-order valence-electron chi connectivity index (χ0n) is 13.0. The molecule has 1 atom stereocenters. The van der Waals surface area contributed by atoms with Crippen molar-refractivity contribution in [1.82, 2.24) is 0 Å². The van der Waals surface area contributed by atoms with Crippen molar-refractivity contribution in [3.8, 4) is 0 Å². The Hall–Kier alpha value is -1.09. The molecule has 2 nitrogen and oxygen atoms in total. The molecule has 20 heavy (non-hydrogen) atoms. The highest BCUT2D eigenvalue weighted by molar-refractivity contribution is 5.50. The van der Waals surface area contributed by atoms with Crippen molar-refractivity contribution < 1.29 is 4.39 Å². The Bertz CT molecular complexity index is 442. The average molecular weight is 278 g/mol. The largest absolute Gasteiger partial charge is 0.369 e. The molecule has 1 fully saturated rings. The van der Waals surface area contributed by atoms with Gasteiger partial charge in [-0.1, -0.05) is 32.8 Å². The van der Waals surface area contributed by atoms with E-state index in [1.165, 1.54) is 12.8 Å². The summed E-state index contributed by atoms with van der Waals surface area (Å²) in [5, 5.41) is 0. The molecule has 2 N–H and O–H groups in total. The number of nitrogens with zero attached hydrogens (tertiary/aromatic N) is 1. The van der Waals surface area contributed by atoms with Crippen LogP contribution in [-0.4, -0.2) is 13.1 Å². The highest BCUT2D eigenvalue weighted by atomic mass is 19.1. The first-order valence-corrected chi connectivity index (χ1v) is 7.81. The van der Waals surface area contributed by atoms with E-state index in [1.54, 1.807) is 6.07 Å². The summed E-state index contributed by atoms with van der Waals surface area (Å²) in [7, 11) is 0. The number of halogens is 1. The van der Waals surface area contributed by atoms with Crippen LogP contribution in [0.3, 0.4) is 0 Å². The molecule has 1 aliphatic heterocycles. The van der Waals surface area contributed by atoms with E-state index in [9.17, 15) is 4.39 Å². The zero-order chi connectivity index (χ0) is 14.8. The van der Waals surface area contributed by atoms with E-state index in [2.05, 4.69) is 18.7 Å². The van der Waals surface area contributed by atoms with Crippen LogP contribution in [-0.2, 0) is 0 Å². The number of benzene rings is 1. The van der Waals surface area contributed by atoms with Gasteiger partial charge in [-0.25, -0.2) is 4.39 Å². The number of anilines is 1. The molecule has 0 bridgehead atoms. The fourth-order valence-electron chi connectivity index (χ4n) is 3.24. The van der Waals surface area contributed by atoms with Crippen LogP contribution < -0.4 is 10.6 Å². The minimum Gasteiger partial charge on any atom is -0.369 e. The summed E-state index contributed by atoms with van der Waals surface area (Å²) in [6, 6.07) is 5.30. The van der Waals surface area contributed by atoms with Crippen LogP contribution in [0.25, 0.3) is 0 Å². The van der Waals surface area contributed by atoms with Crippen molar-refractivity contribution in [3.05, 3.63) is 29.6 Å². The van der Waals surface area contributed by atoms with Crippen LogP contribution in [0, 0.1) is 11.2 Å².